The Labute approximate surface area is 227 Å². The van der Waals surface area contributed by atoms with Crippen molar-refractivity contribution in [3.63, 3.8) is 0 Å². The summed E-state index contributed by atoms with van der Waals surface area (Å²) in [6.07, 6.45) is -5.38. The van der Waals surface area contributed by atoms with Gasteiger partial charge in [0.2, 0.25) is 0 Å². The van der Waals surface area contributed by atoms with Crippen LogP contribution in [0.2, 0.25) is 0 Å². The quantitative estimate of drug-likeness (QED) is 0.300. The second-order valence-electron chi connectivity index (χ2n) is 8.59. The predicted molar refractivity (Wildman–Crippen MR) is 141 cm³/mol. The monoisotopic (exact) mass is 557 g/mol. The first kappa shape index (κ1) is 29.6. The zero-order chi connectivity index (χ0) is 29.6. The number of carbonyl (C=O) groups excluding carboxylic acids is 3. The summed E-state index contributed by atoms with van der Waals surface area (Å²) in [6, 6.07) is 11.1. The van der Waals surface area contributed by atoms with Gasteiger partial charge in [-0.15, -0.1) is 0 Å². The Morgan fingerprint density at radius 2 is 1.60 bits per heavy atom. The van der Waals surface area contributed by atoms with E-state index in [9.17, 15) is 32.7 Å². The van der Waals surface area contributed by atoms with Crippen LogP contribution in [-0.2, 0) is 11.0 Å². The molecule has 0 aliphatic heterocycles. The predicted octanol–water partition coefficient (Wildman–Crippen LogP) is 4.57. The summed E-state index contributed by atoms with van der Waals surface area (Å²) in [6.45, 7) is 3.42. The first-order chi connectivity index (χ1) is 18.8. The Hall–Kier alpha value is -4.91. The highest BCUT2D eigenvalue weighted by molar-refractivity contribution is 6.00. The largest absolute Gasteiger partial charge is 0.457 e. The van der Waals surface area contributed by atoms with Crippen LogP contribution in [0.1, 0.15) is 27.7 Å². The number of amides is 4. The van der Waals surface area contributed by atoms with Crippen LogP contribution in [0.15, 0.2) is 72.9 Å². The lowest BCUT2D eigenvalue weighted by molar-refractivity contribution is -0.139. The highest BCUT2D eigenvalue weighted by Gasteiger charge is 2.37. The molecule has 1 aromatic heterocycles. The molecule has 0 fully saturated rings. The minimum atomic E-state index is -4.89. The van der Waals surface area contributed by atoms with Crippen molar-refractivity contribution in [2.24, 2.45) is 0 Å². The summed E-state index contributed by atoms with van der Waals surface area (Å²) < 4.78 is 47.0. The van der Waals surface area contributed by atoms with E-state index in [-0.39, 0.29) is 17.3 Å². The van der Waals surface area contributed by atoms with E-state index in [0.717, 1.165) is 11.0 Å². The molecule has 0 saturated heterocycles. The fraction of sp³-hybridized carbons (Fsp3) is 0.185. The molecule has 40 heavy (non-hydrogen) atoms. The fourth-order valence-corrected chi connectivity index (χ4v) is 3.47. The van der Waals surface area contributed by atoms with Crippen LogP contribution in [0.4, 0.5) is 29.3 Å². The van der Waals surface area contributed by atoms with Gasteiger partial charge in [-0.25, -0.2) is 4.79 Å². The van der Waals surface area contributed by atoms with Crippen molar-refractivity contribution in [3.05, 3.63) is 89.8 Å². The third-order valence-electron chi connectivity index (χ3n) is 5.46. The molecular weight excluding hydrogens is 531 g/mol. The van der Waals surface area contributed by atoms with E-state index in [2.05, 4.69) is 27.5 Å². The van der Waals surface area contributed by atoms with Gasteiger partial charge in [-0.05, 0) is 48.0 Å². The summed E-state index contributed by atoms with van der Waals surface area (Å²) >= 11 is 0. The molecule has 0 bridgehead atoms. The standard InChI is InChI=1S/C27H26F3N5O5/c1-15(25(38)35(3)4)23(36)20-10-7-17(13-21(20)27(28,29)30)34-26(39)33-16-5-8-18(9-6-16)40-19-11-12-32-22(14-19)24(37)31-2/h5-14,23,36H,1H2,2-4H3,(H,31,37)(H2,33,34,39). The van der Waals surface area contributed by atoms with Gasteiger partial charge in [-0.1, -0.05) is 12.6 Å². The van der Waals surface area contributed by atoms with Gasteiger partial charge in [0.1, 0.15) is 23.3 Å². The topological polar surface area (TPSA) is 133 Å². The number of ether oxygens (including phenoxy) is 1. The van der Waals surface area contributed by atoms with E-state index >= 15 is 0 Å². The number of carbonyl (C=O) groups is 3. The van der Waals surface area contributed by atoms with E-state index in [1.807, 2.05) is 0 Å². The minimum Gasteiger partial charge on any atom is -0.457 e. The summed E-state index contributed by atoms with van der Waals surface area (Å²) in [5.41, 5.74) is -1.97. The SMILES string of the molecule is C=C(C(=O)N(C)C)C(O)c1ccc(NC(=O)Nc2ccc(Oc3ccnc(C(=O)NC)c3)cc2)cc1C(F)(F)F. The fourth-order valence-electron chi connectivity index (χ4n) is 3.47. The van der Waals surface area contributed by atoms with Crippen molar-refractivity contribution in [3.8, 4) is 11.5 Å². The second kappa shape index (κ2) is 12.3. The second-order valence-corrected chi connectivity index (χ2v) is 8.59. The Bertz CT molecular complexity index is 1420. The molecule has 4 amide bonds. The van der Waals surface area contributed by atoms with Crippen LogP contribution in [0.5, 0.6) is 11.5 Å². The van der Waals surface area contributed by atoms with Crippen LogP contribution in [0, 0.1) is 0 Å². The normalized spacial score (nSPS) is 11.7. The molecule has 0 aliphatic rings. The summed E-state index contributed by atoms with van der Waals surface area (Å²) in [4.78, 5) is 41.3. The van der Waals surface area contributed by atoms with Crippen molar-refractivity contribution in [2.45, 2.75) is 12.3 Å². The van der Waals surface area contributed by atoms with Crippen molar-refractivity contribution in [1.82, 2.24) is 15.2 Å². The number of hydrogen-bond acceptors (Lipinski definition) is 6. The molecule has 0 spiro atoms. The Kier molecular flexibility index (Phi) is 9.11. The van der Waals surface area contributed by atoms with Crippen molar-refractivity contribution in [1.29, 1.82) is 0 Å². The number of anilines is 2. The van der Waals surface area contributed by atoms with Crippen LogP contribution in [0.25, 0.3) is 0 Å². The third-order valence-corrected chi connectivity index (χ3v) is 5.46. The van der Waals surface area contributed by atoms with E-state index in [0.29, 0.717) is 23.3 Å². The third kappa shape index (κ3) is 7.35. The lowest BCUT2D eigenvalue weighted by Crippen LogP contribution is -2.27. The molecule has 210 valence electrons. The first-order valence-electron chi connectivity index (χ1n) is 11.6. The number of likely N-dealkylation sites (N-methyl/N-ethyl adjacent to an activating group) is 1. The number of halogens is 3. The molecule has 1 heterocycles. The van der Waals surface area contributed by atoms with Gasteiger partial charge in [0, 0.05) is 50.4 Å². The van der Waals surface area contributed by atoms with Crippen molar-refractivity contribution < 1.29 is 37.4 Å². The minimum absolute atomic E-state index is 0.165. The number of aliphatic hydroxyl groups excluding tert-OH is 1. The number of hydrogen-bond donors (Lipinski definition) is 4. The molecule has 10 nitrogen and oxygen atoms in total. The highest BCUT2D eigenvalue weighted by atomic mass is 19.4. The maximum Gasteiger partial charge on any atom is 0.416 e. The van der Waals surface area contributed by atoms with E-state index in [4.69, 9.17) is 4.74 Å². The number of alkyl halides is 3. The molecule has 3 aromatic rings. The number of nitrogens with one attached hydrogen (secondary N) is 3. The molecule has 13 heteroatoms. The van der Waals surface area contributed by atoms with Gasteiger partial charge in [-0.3, -0.25) is 14.6 Å². The van der Waals surface area contributed by atoms with Crippen LogP contribution in [-0.4, -0.2) is 54.0 Å². The average Bonchev–Trinajstić information content (AvgIpc) is 2.92. The highest BCUT2D eigenvalue weighted by Crippen LogP contribution is 2.38. The molecular formula is C27H26F3N5O5. The molecule has 1 unspecified atom stereocenters. The number of aromatic nitrogens is 1. The first-order valence-corrected chi connectivity index (χ1v) is 11.6. The lowest BCUT2D eigenvalue weighted by Gasteiger charge is -2.21. The zero-order valence-electron chi connectivity index (χ0n) is 21.7. The zero-order valence-corrected chi connectivity index (χ0v) is 21.7. The Morgan fingerprint density at radius 1 is 0.975 bits per heavy atom. The summed E-state index contributed by atoms with van der Waals surface area (Å²) in [7, 11) is 4.23. The molecule has 0 saturated carbocycles. The van der Waals surface area contributed by atoms with E-state index in [1.54, 1.807) is 6.07 Å². The maximum absolute atomic E-state index is 13.8. The number of rotatable bonds is 8. The molecule has 4 N–H and O–H groups in total. The van der Waals surface area contributed by atoms with Gasteiger partial charge >= 0.3 is 12.2 Å². The molecule has 0 radical (unpaired) electrons. The molecule has 3 rings (SSSR count). The van der Waals surface area contributed by atoms with Crippen LogP contribution < -0.4 is 20.7 Å². The van der Waals surface area contributed by atoms with Gasteiger partial charge < -0.3 is 30.7 Å². The van der Waals surface area contributed by atoms with E-state index < -0.39 is 40.9 Å². The molecule has 1 atom stereocenters. The molecule has 2 aromatic carbocycles. The van der Waals surface area contributed by atoms with Gasteiger partial charge in [0.05, 0.1) is 5.56 Å². The van der Waals surface area contributed by atoms with Crippen LogP contribution >= 0.6 is 0 Å². The van der Waals surface area contributed by atoms with Gasteiger partial charge in [0.15, 0.2) is 0 Å². The lowest BCUT2D eigenvalue weighted by atomic mass is 9.96. The average molecular weight is 558 g/mol. The number of benzene rings is 2. The Morgan fingerprint density at radius 3 is 2.20 bits per heavy atom. The van der Waals surface area contributed by atoms with E-state index in [1.165, 1.54) is 63.7 Å². The number of nitrogens with zero attached hydrogens (tertiary/aromatic N) is 2. The van der Waals surface area contributed by atoms with Crippen LogP contribution in [0.3, 0.4) is 0 Å². The number of pyridine rings is 1. The number of urea groups is 1. The van der Waals surface area contributed by atoms with Gasteiger partial charge in [-0.2, -0.15) is 13.2 Å². The summed E-state index contributed by atoms with van der Waals surface area (Å²) in [5, 5.41) is 17.7. The van der Waals surface area contributed by atoms with Gasteiger partial charge in [0.25, 0.3) is 11.8 Å². The smallest absolute Gasteiger partial charge is 0.416 e. The summed E-state index contributed by atoms with van der Waals surface area (Å²) in [5.74, 6) is -0.365. The maximum atomic E-state index is 13.8. The van der Waals surface area contributed by atoms with Crippen molar-refractivity contribution in [2.75, 3.05) is 31.8 Å². The Balaban J connectivity index is 1.70. The number of aliphatic hydroxyl groups is 1. The molecule has 0 aliphatic carbocycles. The van der Waals surface area contributed by atoms with Crippen molar-refractivity contribution >= 4 is 29.2 Å².